The number of nitrogens with one attached hydrogen (secondary N) is 1. The third-order valence-corrected chi connectivity index (χ3v) is 2.21. The molecule has 1 amide bonds. The van der Waals surface area contributed by atoms with Crippen molar-refractivity contribution in [1.29, 1.82) is 0 Å². The van der Waals surface area contributed by atoms with Crippen LogP contribution in [-0.4, -0.2) is 22.8 Å². The fraction of sp³-hybridized carbons (Fsp3) is 0.385. The number of nitrogens with zero attached hydrogens (tertiary/aromatic N) is 1. The Morgan fingerprint density at radius 2 is 1.80 bits per heavy atom. The number of carboxylic acid groups (broad SMARTS) is 1. The van der Waals surface area contributed by atoms with Crippen molar-refractivity contribution in [3.8, 4) is 0 Å². The number of carboxylic acids is 1. The number of anilines is 1. The molecule has 0 saturated carbocycles. The zero-order valence-corrected chi connectivity index (χ0v) is 11.4. The highest BCUT2D eigenvalue weighted by Crippen LogP contribution is 2.20. The van der Waals surface area contributed by atoms with E-state index in [0.717, 1.165) is 0 Å². The summed E-state index contributed by atoms with van der Waals surface area (Å²) in [6.07, 6.45) is -0.617. The lowest BCUT2D eigenvalue weighted by Crippen LogP contribution is -2.27. The fourth-order valence-electron chi connectivity index (χ4n) is 1.42. The highest BCUT2D eigenvalue weighted by molar-refractivity contribution is 5.85. The number of aliphatic carboxylic acids is 1. The molecular weight excluding hydrogens is 264 g/mol. The number of ether oxygens (including phenoxy) is 1. The Morgan fingerprint density at radius 3 is 2.20 bits per heavy atom. The monoisotopic (exact) mass is 280 g/mol. The second kappa shape index (κ2) is 6.14. The van der Waals surface area contributed by atoms with Crippen LogP contribution < -0.4 is 5.32 Å². The molecule has 7 nitrogen and oxygen atoms in total. The van der Waals surface area contributed by atoms with Gasteiger partial charge in [-0.25, -0.2) is 9.59 Å². The molecule has 1 unspecified atom stereocenters. The first-order valence-corrected chi connectivity index (χ1v) is 5.88. The number of carbonyl (C=O) groups excluding carboxylic acids is 1. The van der Waals surface area contributed by atoms with Crippen molar-refractivity contribution in [2.75, 3.05) is 5.32 Å². The number of carbonyl (C=O) groups is 2. The summed E-state index contributed by atoms with van der Waals surface area (Å²) in [6.45, 7) is 5.22. The fourth-order valence-corrected chi connectivity index (χ4v) is 1.42. The Morgan fingerprint density at radius 1 is 1.25 bits per heavy atom. The average molecular weight is 280 g/mol. The van der Waals surface area contributed by atoms with Gasteiger partial charge >= 0.3 is 12.1 Å². The molecule has 7 heteroatoms. The van der Waals surface area contributed by atoms with E-state index in [2.05, 4.69) is 10.5 Å². The number of benzene rings is 1. The van der Waals surface area contributed by atoms with Crippen LogP contribution in [0, 0.1) is 4.91 Å². The van der Waals surface area contributed by atoms with Gasteiger partial charge in [0.25, 0.3) is 0 Å². The Labute approximate surface area is 115 Å². The van der Waals surface area contributed by atoms with Crippen molar-refractivity contribution in [2.24, 2.45) is 5.18 Å². The lowest BCUT2D eigenvalue weighted by Gasteiger charge is -2.19. The minimum Gasteiger partial charge on any atom is -0.479 e. The first-order chi connectivity index (χ1) is 9.23. The van der Waals surface area contributed by atoms with E-state index < -0.39 is 23.7 Å². The lowest BCUT2D eigenvalue weighted by molar-refractivity contribution is -0.138. The normalized spacial score (nSPS) is 12.3. The van der Waals surface area contributed by atoms with E-state index in [4.69, 9.17) is 9.84 Å². The molecule has 0 saturated heterocycles. The van der Waals surface area contributed by atoms with Gasteiger partial charge in [-0.15, -0.1) is 4.91 Å². The molecule has 2 N–H and O–H groups in total. The van der Waals surface area contributed by atoms with E-state index >= 15 is 0 Å². The minimum absolute atomic E-state index is 0.238. The maximum atomic E-state index is 11.5. The number of hydrogen-bond acceptors (Lipinski definition) is 5. The molecule has 20 heavy (non-hydrogen) atoms. The summed E-state index contributed by atoms with van der Waals surface area (Å²) < 4.78 is 5.07. The summed E-state index contributed by atoms with van der Waals surface area (Å²) in [4.78, 5) is 32.7. The van der Waals surface area contributed by atoms with Crippen LogP contribution in [0.2, 0.25) is 0 Å². The first-order valence-electron chi connectivity index (χ1n) is 5.88. The van der Waals surface area contributed by atoms with Gasteiger partial charge in [-0.1, -0.05) is 12.1 Å². The number of hydrogen-bond donors (Lipinski definition) is 2. The number of rotatable bonds is 4. The summed E-state index contributed by atoms with van der Waals surface area (Å²) in [5.74, 6) is -1.33. The Kier molecular flexibility index (Phi) is 4.79. The smallest absolute Gasteiger partial charge is 0.412 e. The van der Waals surface area contributed by atoms with Gasteiger partial charge in [0.15, 0.2) is 0 Å². The molecule has 1 rings (SSSR count). The van der Waals surface area contributed by atoms with Crippen LogP contribution in [0.25, 0.3) is 0 Å². The van der Waals surface area contributed by atoms with Gasteiger partial charge in [0.05, 0.1) is 0 Å². The van der Waals surface area contributed by atoms with Crippen LogP contribution >= 0.6 is 0 Å². The quantitative estimate of drug-likeness (QED) is 0.825. The molecule has 1 atom stereocenters. The van der Waals surface area contributed by atoms with E-state index in [-0.39, 0.29) is 5.56 Å². The predicted octanol–water partition coefficient (Wildman–Crippen LogP) is 2.93. The van der Waals surface area contributed by atoms with Gasteiger partial charge in [0, 0.05) is 5.69 Å². The molecule has 1 aromatic carbocycles. The van der Waals surface area contributed by atoms with Gasteiger partial charge in [-0.3, -0.25) is 5.32 Å². The Balaban J connectivity index is 2.74. The van der Waals surface area contributed by atoms with Gasteiger partial charge in [-0.05, 0) is 43.6 Å². The van der Waals surface area contributed by atoms with E-state index in [9.17, 15) is 14.5 Å². The second-order valence-corrected chi connectivity index (χ2v) is 5.10. The molecule has 0 radical (unpaired) electrons. The molecule has 0 heterocycles. The lowest BCUT2D eigenvalue weighted by atomic mass is 10.1. The van der Waals surface area contributed by atoms with Crippen LogP contribution in [-0.2, 0) is 9.53 Å². The SMILES string of the molecule is CC(C)(C)OC(=O)Nc1ccc(C(N=O)C(=O)O)cc1. The third-order valence-electron chi connectivity index (χ3n) is 2.21. The topological polar surface area (TPSA) is 105 Å². The summed E-state index contributed by atoms with van der Waals surface area (Å²) in [7, 11) is 0. The average Bonchev–Trinajstić information content (AvgIpc) is 2.29. The molecular formula is C13H16N2O5. The summed E-state index contributed by atoms with van der Waals surface area (Å²) in [6, 6.07) is 4.31. The van der Waals surface area contributed by atoms with E-state index in [1.807, 2.05) is 0 Å². The van der Waals surface area contributed by atoms with Crippen molar-refractivity contribution in [3.05, 3.63) is 34.7 Å². The highest BCUT2D eigenvalue weighted by atomic mass is 16.6. The molecule has 0 aliphatic heterocycles. The molecule has 0 fully saturated rings. The summed E-state index contributed by atoms with van der Waals surface area (Å²) in [5, 5.41) is 13.8. The number of amides is 1. The number of nitroso groups, excluding NO2 is 1. The molecule has 1 aromatic rings. The van der Waals surface area contributed by atoms with Crippen molar-refractivity contribution < 1.29 is 19.4 Å². The van der Waals surface area contributed by atoms with E-state index in [0.29, 0.717) is 5.69 Å². The minimum atomic E-state index is -1.45. The maximum absolute atomic E-state index is 11.5. The van der Waals surface area contributed by atoms with Gasteiger partial charge in [0.2, 0.25) is 6.04 Å². The van der Waals surface area contributed by atoms with Crippen molar-refractivity contribution in [1.82, 2.24) is 0 Å². The molecule has 0 spiro atoms. The molecule has 0 aromatic heterocycles. The Bertz CT molecular complexity index is 504. The van der Waals surface area contributed by atoms with E-state index in [1.54, 1.807) is 20.8 Å². The van der Waals surface area contributed by atoms with Crippen LogP contribution in [0.15, 0.2) is 29.4 Å². The molecule has 0 aliphatic carbocycles. The van der Waals surface area contributed by atoms with Gasteiger partial charge < -0.3 is 9.84 Å². The largest absolute Gasteiger partial charge is 0.479 e. The summed E-state index contributed by atoms with van der Waals surface area (Å²) in [5.41, 5.74) is 0.0557. The molecule has 0 aliphatic rings. The van der Waals surface area contributed by atoms with Crippen molar-refractivity contribution in [2.45, 2.75) is 32.4 Å². The maximum Gasteiger partial charge on any atom is 0.412 e. The van der Waals surface area contributed by atoms with Crippen LogP contribution in [0.5, 0.6) is 0 Å². The zero-order chi connectivity index (χ0) is 15.3. The standard InChI is InChI=1S/C13H16N2O5/c1-13(2,3)20-12(18)14-9-6-4-8(5-7-9)10(15-19)11(16)17/h4-7,10H,1-3H3,(H,14,18)(H,16,17). The first kappa shape index (κ1) is 15.6. The second-order valence-electron chi connectivity index (χ2n) is 5.10. The highest BCUT2D eigenvalue weighted by Gasteiger charge is 2.20. The molecule has 0 bridgehead atoms. The zero-order valence-electron chi connectivity index (χ0n) is 11.4. The van der Waals surface area contributed by atoms with E-state index in [1.165, 1.54) is 24.3 Å². The molecule has 108 valence electrons. The summed E-state index contributed by atoms with van der Waals surface area (Å²) >= 11 is 0. The van der Waals surface area contributed by atoms with Gasteiger partial charge in [0.1, 0.15) is 5.60 Å². The predicted molar refractivity (Wildman–Crippen MR) is 72.5 cm³/mol. The third kappa shape index (κ3) is 4.68. The van der Waals surface area contributed by atoms with Crippen molar-refractivity contribution in [3.63, 3.8) is 0 Å². The van der Waals surface area contributed by atoms with Crippen LogP contribution in [0.1, 0.15) is 32.4 Å². The van der Waals surface area contributed by atoms with Crippen molar-refractivity contribution >= 4 is 17.7 Å². The van der Waals surface area contributed by atoms with Crippen LogP contribution in [0.3, 0.4) is 0 Å². The van der Waals surface area contributed by atoms with Crippen LogP contribution in [0.4, 0.5) is 10.5 Å². The Hall–Kier alpha value is -2.44. The van der Waals surface area contributed by atoms with Gasteiger partial charge in [-0.2, -0.15) is 0 Å².